The Morgan fingerprint density at radius 1 is 1.15 bits per heavy atom. The Balaban J connectivity index is -0.000000117. The van der Waals surface area contributed by atoms with E-state index >= 15 is 0 Å². The van der Waals surface area contributed by atoms with Crippen LogP contribution < -0.4 is 0 Å². The molecule has 0 atom stereocenters. The quantitative estimate of drug-likeness (QED) is 0.664. The third-order valence-corrected chi connectivity index (χ3v) is 0.302. The Morgan fingerprint density at radius 2 is 1.23 bits per heavy atom. The van der Waals surface area contributed by atoms with Gasteiger partial charge >= 0.3 is 5.97 Å². The second kappa shape index (κ2) is 14.6. The van der Waals surface area contributed by atoms with Gasteiger partial charge in [-0.15, -0.1) is 0 Å². The van der Waals surface area contributed by atoms with E-state index < -0.39 is 28.3 Å². The summed E-state index contributed by atoms with van der Waals surface area (Å²) in [5.41, 5.74) is 0. The average Bonchev–Trinajstić information content (AvgIpc) is 1.84. The van der Waals surface area contributed by atoms with Crippen molar-refractivity contribution < 1.29 is 19.0 Å². The average molecular weight is 230 g/mol. The summed E-state index contributed by atoms with van der Waals surface area (Å²) in [7, 11) is 0. The lowest BCUT2D eigenvalue weighted by Gasteiger charge is -1.87. The molecule has 0 radical (unpaired) electrons. The van der Waals surface area contributed by atoms with Gasteiger partial charge in [-0.25, -0.2) is 0 Å². The number of rotatable bonds is 1. The zero-order valence-corrected chi connectivity index (χ0v) is 10.3. The highest BCUT2D eigenvalue weighted by molar-refractivity contribution is 7.90. The van der Waals surface area contributed by atoms with Crippen LogP contribution in [0, 0.1) is 0 Å². The van der Waals surface area contributed by atoms with E-state index in [2.05, 4.69) is 0 Å². The lowest BCUT2D eigenvalue weighted by Crippen LogP contribution is -1.86. The molecule has 0 saturated carbocycles. The van der Waals surface area contributed by atoms with Crippen LogP contribution in [0.15, 0.2) is 0 Å². The number of hydrogen-bond acceptors (Lipinski definition) is 3. The van der Waals surface area contributed by atoms with Crippen LogP contribution in [0.25, 0.3) is 0 Å². The molecule has 0 spiro atoms. The molecule has 0 aromatic rings. The molecule has 0 unspecified atom stereocenters. The molecule has 0 aromatic carbocycles. The van der Waals surface area contributed by atoms with Crippen LogP contribution in [0.5, 0.6) is 0 Å². The Kier molecular flexibility index (Phi) is 21.1. The van der Waals surface area contributed by atoms with Gasteiger partial charge in [0.15, 0.2) is 0 Å². The van der Waals surface area contributed by atoms with Crippen molar-refractivity contribution in [3.8, 4) is 0 Å². The first-order chi connectivity index (χ1) is 5.73. The van der Waals surface area contributed by atoms with Gasteiger partial charge in [-0.3, -0.25) is 4.79 Å². The van der Waals surface area contributed by atoms with Gasteiger partial charge in [0, 0.05) is 6.42 Å². The van der Waals surface area contributed by atoms with Gasteiger partial charge in [0.25, 0.3) is 0 Å². The minimum atomic E-state index is -0.745. The summed E-state index contributed by atoms with van der Waals surface area (Å²) in [6.07, 6.45) is 6.78. The second-order valence-electron chi connectivity index (χ2n) is 2.23. The first-order valence-corrected chi connectivity index (χ1v) is 7.39. The molecule has 0 bridgehead atoms. The smallest absolute Gasteiger partial charge is 0.303 e. The Morgan fingerprint density at radius 3 is 1.23 bits per heavy atom. The number of carboxylic acid groups (broad SMARTS) is 1. The van der Waals surface area contributed by atoms with Crippen LogP contribution in [-0.4, -0.2) is 45.2 Å². The van der Waals surface area contributed by atoms with Crippen LogP contribution in [0.3, 0.4) is 0 Å². The molecule has 6 heteroatoms. The first kappa shape index (κ1) is 18.8. The SMILES string of the molecule is CCC(=O)O.C[S+](C)[O-].C[S+](C)[O-]. The summed E-state index contributed by atoms with van der Waals surface area (Å²) in [6.45, 7) is 1.60. The molecule has 13 heavy (non-hydrogen) atoms. The van der Waals surface area contributed by atoms with Gasteiger partial charge in [0.05, 0.1) is 25.0 Å². The zero-order chi connectivity index (χ0) is 11.4. The molecule has 0 aliphatic heterocycles. The highest BCUT2D eigenvalue weighted by atomic mass is 32.2. The topological polar surface area (TPSA) is 83.4 Å². The fourth-order valence-corrected chi connectivity index (χ4v) is 0. The molecule has 0 aromatic heterocycles. The number of hydrogen-bond donors (Lipinski definition) is 1. The predicted octanol–water partition coefficient (Wildman–Crippen LogP) is 0.470. The molecule has 82 valence electrons. The van der Waals surface area contributed by atoms with Crippen molar-refractivity contribution in [2.45, 2.75) is 13.3 Å². The van der Waals surface area contributed by atoms with Crippen molar-refractivity contribution in [1.82, 2.24) is 0 Å². The van der Waals surface area contributed by atoms with Gasteiger partial charge in [0.1, 0.15) is 0 Å². The van der Waals surface area contributed by atoms with E-state index in [0.29, 0.717) is 0 Å². The van der Waals surface area contributed by atoms with Gasteiger partial charge in [-0.2, -0.15) is 0 Å². The Labute approximate surface area is 86.1 Å². The summed E-state index contributed by atoms with van der Waals surface area (Å²) in [4.78, 5) is 9.37. The molecule has 0 aliphatic carbocycles. The molecular formula is C7H18O4S2. The molecule has 0 rings (SSSR count). The monoisotopic (exact) mass is 230 g/mol. The molecule has 0 saturated heterocycles. The molecule has 0 aliphatic rings. The van der Waals surface area contributed by atoms with Gasteiger partial charge < -0.3 is 14.2 Å². The van der Waals surface area contributed by atoms with E-state index in [1.54, 1.807) is 31.9 Å². The van der Waals surface area contributed by atoms with Crippen molar-refractivity contribution in [1.29, 1.82) is 0 Å². The van der Waals surface area contributed by atoms with E-state index in [-0.39, 0.29) is 6.42 Å². The standard InChI is InChI=1S/C3H6O2.2C2H6OS/c1-2-3(4)5;2*1-4(2)3/h2H2,1H3,(H,4,5);2*1-2H3. The third kappa shape index (κ3) is 282. The number of carbonyl (C=O) groups is 1. The van der Waals surface area contributed by atoms with Crippen molar-refractivity contribution >= 4 is 28.3 Å². The fraction of sp³-hybridized carbons (Fsp3) is 0.857. The van der Waals surface area contributed by atoms with E-state index in [4.69, 9.17) is 5.11 Å². The van der Waals surface area contributed by atoms with Crippen LogP contribution in [0.2, 0.25) is 0 Å². The summed E-state index contributed by atoms with van der Waals surface area (Å²) in [5, 5.41) is 7.72. The number of aliphatic carboxylic acids is 1. The van der Waals surface area contributed by atoms with Gasteiger partial charge in [0.2, 0.25) is 0 Å². The third-order valence-electron chi connectivity index (χ3n) is 0.302. The van der Waals surface area contributed by atoms with Crippen LogP contribution in [0.4, 0.5) is 0 Å². The zero-order valence-electron chi connectivity index (χ0n) is 8.70. The van der Waals surface area contributed by atoms with E-state index in [1.807, 2.05) is 0 Å². The van der Waals surface area contributed by atoms with Gasteiger partial charge in [-0.05, 0) is 0 Å². The van der Waals surface area contributed by atoms with Crippen molar-refractivity contribution in [3.63, 3.8) is 0 Å². The molecule has 0 amide bonds. The lowest BCUT2D eigenvalue weighted by atomic mass is 10.5. The summed E-state index contributed by atoms with van der Waals surface area (Å²) >= 11 is -1.22. The van der Waals surface area contributed by atoms with Gasteiger partial charge in [-0.1, -0.05) is 29.3 Å². The molecule has 0 fully saturated rings. The van der Waals surface area contributed by atoms with Crippen LogP contribution in [0.1, 0.15) is 13.3 Å². The Hall–Kier alpha value is 0.0900. The van der Waals surface area contributed by atoms with Crippen molar-refractivity contribution in [2.75, 3.05) is 25.0 Å². The second-order valence-corrected chi connectivity index (χ2v) is 5.20. The molecular weight excluding hydrogens is 212 g/mol. The maximum Gasteiger partial charge on any atom is 0.303 e. The largest absolute Gasteiger partial charge is 0.617 e. The Bertz CT molecular complexity index is 95.2. The van der Waals surface area contributed by atoms with Crippen molar-refractivity contribution in [3.05, 3.63) is 0 Å². The molecule has 1 N–H and O–H groups in total. The molecule has 4 nitrogen and oxygen atoms in total. The minimum absolute atomic E-state index is 0.222. The van der Waals surface area contributed by atoms with E-state index in [0.717, 1.165) is 0 Å². The maximum atomic E-state index is 9.56. The lowest BCUT2D eigenvalue weighted by molar-refractivity contribution is -0.136. The fourth-order valence-electron chi connectivity index (χ4n) is 0. The summed E-state index contributed by atoms with van der Waals surface area (Å²) in [5.74, 6) is -0.745. The van der Waals surface area contributed by atoms with E-state index in [9.17, 15) is 13.9 Å². The van der Waals surface area contributed by atoms with Crippen LogP contribution in [-0.2, 0) is 27.1 Å². The highest BCUT2D eigenvalue weighted by Crippen LogP contribution is 1.67. The minimum Gasteiger partial charge on any atom is -0.617 e. The van der Waals surface area contributed by atoms with Crippen molar-refractivity contribution in [2.24, 2.45) is 0 Å². The number of carboxylic acids is 1. The maximum absolute atomic E-state index is 9.56. The molecule has 0 heterocycles. The highest BCUT2D eigenvalue weighted by Gasteiger charge is 1.80. The van der Waals surface area contributed by atoms with E-state index in [1.165, 1.54) is 0 Å². The summed E-state index contributed by atoms with van der Waals surface area (Å²) < 4.78 is 19.1. The first-order valence-electron chi connectivity index (χ1n) is 3.45. The summed E-state index contributed by atoms with van der Waals surface area (Å²) in [6, 6.07) is 0. The normalized spacial score (nSPS) is 8.38. The predicted molar refractivity (Wildman–Crippen MR) is 57.9 cm³/mol. The van der Waals surface area contributed by atoms with Crippen LogP contribution >= 0.6 is 0 Å².